The summed E-state index contributed by atoms with van der Waals surface area (Å²) in [6.45, 7) is 34.1. The average molecular weight is 947 g/mol. The van der Waals surface area contributed by atoms with Gasteiger partial charge in [0.25, 0.3) is 0 Å². The molecule has 10 rings (SSSR count). The first-order valence-electron chi connectivity index (χ1n) is 25.5. The smallest absolute Gasteiger partial charge is 0.0152 e. The molecule has 0 heterocycles. The van der Waals surface area contributed by atoms with Crippen LogP contribution in [0.5, 0.6) is 0 Å². The Labute approximate surface area is 436 Å². The maximum atomic E-state index is 2.24. The van der Waals surface area contributed by atoms with Crippen molar-refractivity contribution in [1.29, 1.82) is 0 Å². The molecule has 0 nitrogen and oxygen atoms in total. The SMILES string of the molecule is Cc1cc(C)c(C)cc1C.Cc1ccc(-c2ccc(C)cc2)cc1.Cc1ccc(C)c2ccccc12.Cc1ccc(C)cc1.Cc1cccc(C)c1.Cc1cccc2c(C)cccc12.Cc1ccccc1C. The second kappa shape index (κ2) is 29.2. The summed E-state index contributed by atoms with van der Waals surface area (Å²) >= 11 is 0. The van der Waals surface area contributed by atoms with E-state index in [-0.39, 0.29) is 0 Å². The van der Waals surface area contributed by atoms with Crippen LogP contribution in [0.4, 0.5) is 0 Å². The summed E-state index contributed by atoms with van der Waals surface area (Å²) < 4.78 is 0. The Morgan fingerprint density at radius 2 is 0.389 bits per heavy atom. The van der Waals surface area contributed by atoms with Gasteiger partial charge in [-0.2, -0.15) is 0 Å². The second-order valence-electron chi connectivity index (χ2n) is 19.6. The minimum Gasteiger partial charge on any atom is -0.0620 e. The molecule has 0 aliphatic rings. The summed E-state index contributed by atoms with van der Waals surface area (Å²) in [7, 11) is 0. The quantitative estimate of drug-likeness (QED) is 0.154. The monoisotopic (exact) mass is 947 g/mol. The first-order chi connectivity index (χ1) is 34.3. The van der Waals surface area contributed by atoms with E-state index in [1.54, 1.807) is 0 Å². The lowest BCUT2D eigenvalue weighted by Gasteiger charge is -2.04. The topological polar surface area (TPSA) is 0 Å². The molecule has 0 atom stereocenters. The van der Waals surface area contributed by atoms with E-state index in [0.717, 1.165) is 0 Å². The van der Waals surface area contributed by atoms with Crippen molar-refractivity contribution in [3.05, 3.63) is 295 Å². The fourth-order valence-electron chi connectivity index (χ4n) is 7.93. The maximum absolute atomic E-state index is 2.24. The molecule has 72 heavy (non-hydrogen) atoms. The summed E-state index contributed by atoms with van der Waals surface area (Å²) in [5.41, 5.74) is 24.3. The molecule has 0 spiro atoms. The van der Waals surface area contributed by atoms with Crippen molar-refractivity contribution in [2.45, 2.75) is 111 Å². The van der Waals surface area contributed by atoms with Crippen molar-refractivity contribution < 1.29 is 0 Å². The van der Waals surface area contributed by atoms with Gasteiger partial charge >= 0.3 is 0 Å². The van der Waals surface area contributed by atoms with E-state index < -0.39 is 0 Å². The molecule has 370 valence electrons. The van der Waals surface area contributed by atoms with E-state index in [4.69, 9.17) is 0 Å². The van der Waals surface area contributed by atoms with Crippen LogP contribution in [0.15, 0.2) is 206 Å². The molecular weight excluding hydrogens is 865 g/mol. The van der Waals surface area contributed by atoms with Crippen molar-refractivity contribution in [3.8, 4) is 11.1 Å². The molecule has 0 radical (unpaired) electrons. The maximum Gasteiger partial charge on any atom is -0.0152 e. The normalized spacial score (nSPS) is 9.94. The third-order valence-corrected chi connectivity index (χ3v) is 13.1. The number of fused-ring (bicyclic) bond motifs is 2. The van der Waals surface area contributed by atoms with Crippen LogP contribution in [-0.4, -0.2) is 0 Å². The molecule has 0 saturated heterocycles. The fourth-order valence-corrected chi connectivity index (χ4v) is 7.93. The molecule has 0 amide bonds. The molecule has 10 aromatic carbocycles. The van der Waals surface area contributed by atoms with Gasteiger partial charge in [0, 0.05) is 0 Å². The van der Waals surface area contributed by atoms with Crippen LogP contribution in [0.3, 0.4) is 0 Å². The van der Waals surface area contributed by atoms with Gasteiger partial charge in [-0.05, 0) is 199 Å². The lowest BCUT2D eigenvalue weighted by atomic mass is 10.0. The van der Waals surface area contributed by atoms with E-state index in [2.05, 4.69) is 317 Å². The Balaban J connectivity index is 0.000000184. The Kier molecular flexibility index (Phi) is 23.2. The predicted octanol–water partition coefficient (Wildman–Crippen LogP) is 20.7. The Bertz CT molecular complexity index is 2930. The van der Waals surface area contributed by atoms with E-state index in [1.807, 2.05) is 0 Å². The first kappa shape index (κ1) is 57.3. The first-order valence-corrected chi connectivity index (χ1v) is 25.5. The van der Waals surface area contributed by atoms with Gasteiger partial charge in [0.15, 0.2) is 0 Å². The van der Waals surface area contributed by atoms with E-state index in [9.17, 15) is 0 Å². The number of aryl methyl sites for hydroxylation is 16. The molecule has 0 aliphatic heterocycles. The Morgan fingerprint density at radius 1 is 0.153 bits per heavy atom. The number of benzene rings is 10. The Morgan fingerprint density at radius 3 is 0.667 bits per heavy atom. The number of hydrogen-bond acceptors (Lipinski definition) is 0. The van der Waals surface area contributed by atoms with E-state index in [0.29, 0.717) is 0 Å². The van der Waals surface area contributed by atoms with Crippen LogP contribution >= 0.6 is 0 Å². The van der Waals surface area contributed by atoms with Crippen molar-refractivity contribution in [2.24, 2.45) is 0 Å². The number of hydrogen-bond donors (Lipinski definition) is 0. The highest BCUT2D eigenvalue weighted by molar-refractivity contribution is 5.89. The third-order valence-electron chi connectivity index (χ3n) is 13.1. The molecule has 0 aromatic heterocycles. The van der Waals surface area contributed by atoms with Crippen molar-refractivity contribution in [2.75, 3.05) is 0 Å². The van der Waals surface area contributed by atoms with Crippen LogP contribution < -0.4 is 0 Å². The van der Waals surface area contributed by atoms with Gasteiger partial charge in [-0.15, -0.1) is 0 Å². The summed E-state index contributed by atoms with van der Waals surface area (Å²) in [6, 6.07) is 72.8. The average Bonchev–Trinajstić information content (AvgIpc) is 3.36. The second-order valence-corrected chi connectivity index (χ2v) is 19.6. The van der Waals surface area contributed by atoms with Gasteiger partial charge in [0.05, 0.1) is 0 Å². The summed E-state index contributed by atoms with van der Waals surface area (Å²) in [5, 5.41) is 5.49. The molecule has 10 aromatic rings. The summed E-state index contributed by atoms with van der Waals surface area (Å²) in [4.78, 5) is 0. The van der Waals surface area contributed by atoms with Crippen molar-refractivity contribution in [1.82, 2.24) is 0 Å². The zero-order chi connectivity index (χ0) is 52.7. The van der Waals surface area contributed by atoms with Crippen LogP contribution in [0.2, 0.25) is 0 Å². The van der Waals surface area contributed by atoms with Crippen LogP contribution in [0, 0.1) is 111 Å². The lowest BCUT2D eigenvalue weighted by Crippen LogP contribution is -1.86. The molecule has 0 N–H and O–H groups in total. The van der Waals surface area contributed by atoms with Crippen LogP contribution in [0.1, 0.15) is 89.0 Å². The molecule has 0 fully saturated rings. The van der Waals surface area contributed by atoms with Crippen LogP contribution in [0.25, 0.3) is 32.7 Å². The van der Waals surface area contributed by atoms with E-state index in [1.165, 1.54) is 122 Å². The third kappa shape index (κ3) is 19.1. The predicted molar refractivity (Wildman–Crippen MR) is 321 cm³/mol. The minimum absolute atomic E-state index is 1.29. The molecule has 0 aliphatic carbocycles. The van der Waals surface area contributed by atoms with Gasteiger partial charge in [-0.1, -0.05) is 240 Å². The van der Waals surface area contributed by atoms with Gasteiger partial charge < -0.3 is 0 Å². The van der Waals surface area contributed by atoms with Gasteiger partial charge in [0.2, 0.25) is 0 Å². The molecule has 0 heteroatoms. The molecule has 0 saturated carbocycles. The highest BCUT2D eigenvalue weighted by atomic mass is 14.0. The summed E-state index contributed by atoms with van der Waals surface area (Å²) in [6.07, 6.45) is 0. The molecule has 0 unspecified atom stereocenters. The Hall–Kier alpha value is -7.28. The number of rotatable bonds is 1. The zero-order valence-corrected chi connectivity index (χ0v) is 46.6. The lowest BCUT2D eigenvalue weighted by molar-refractivity contribution is 1.24. The van der Waals surface area contributed by atoms with Crippen molar-refractivity contribution in [3.63, 3.8) is 0 Å². The van der Waals surface area contributed by atoms with Gasteiger partial charge in [0.1, 0.15) is 0 Å². The molecular formula is C72H82. The van der Waals surface area contributed by atoms with E-state index >= 15 is 0 Å². The standard InChI is InChI=1S/C14H14.2C12H12.C10H14.3C8H10/c1-11-3-7-13(8-4-11)14-9-5-12(2)6-10-14;1-9-5-3-8-12-10(2)6-4-7-11(9)12;1-9-7-8-10(2)12-6-4-3-5-11(9)12;1-7-5-9(3)10(4)6-8(7)2;1-7-3-5-8(2)6-4-7;1-7-4-3-5-8(2)6-7;1-7-5-3-4-6-8(7)2/h3-10H,1-2H3;2*3-8H,1-2H3;5-6H,1-4H3;3*3-6H,1-2H3. The minimum atomic E-state index is 1.29. The van der Waals surface area contributed by atoms with Gasteiger partial charge in [-0.25, -0.2) is 0 Å². The highest BCUT2D eigenvalue weighted by Gasteiger charge is 2.00. The van der Waals surface area contributed by atoms with Crippen LogP contribution in [-0.2, 0) is 0 Å². The molecule has 0 bridgehead atoms. The van der Waals surface area contributed by atoms with Crippen molar-refractivity contribution >= 4 is 21.5 Å². The fraction of sp³-hybridized carbons (Fsp3) is 0.222. The largest absolute Gasteiger partial charge is 0.0620 e. The highest BCUT2D eigenvalue weighted by Crippen LogP contribution is 2.23. The van der Waals surface area contributed by atoms with Gasteiger partial charge in [-0.3, -0.25) is 0 Å². The zero-order valence-electron chi connectivity index (χ0n) is 46.6. The summed E-state index contributed by atoms with van der Waals surface area (Å²) in [5.74, 6) is 0.